The first-order valence-corrected chi connectivity index (χ1v) is 5.25. The van der Waals surface area contributed by atoms with Crippen LogP contribution in [0.1, 0.15) is 6.92 Å². The molecule has 0 aromatic heterocycles. The first-order valence-electron chi connectivity index (χ1n) is 5.25. The van der Waals surface area contributed by atoms with Crippen molar-refractivity contribution in [1.82, 2.24) is 4.90 Å². The zero-order valence-corrected chi connectivity index (χ0v) is 12.3. The molecule has 9 heteroatoms. The van der Waals surface area contributed by atoms with Gasteiger partial charge in [0.05, 0.1) is 25.9 Å². The smallest absolute Gasteiger partial charge is 0.375 e. The second kappa shape index (κ2) is 8.00. The molecule has 1 aliphatic rings. The van der Waals surface area contributed by atoms with Crippen LogP contribution in [0, 0.1) is 0 Å². The Kier molecular flexibility index (Phi) is 7.87. The van der Waals surface area contributed by atoms with Gasteiger partial charge in [-0.25, -0.2) is 0 Å². The van der Waals surface area contributed by atoms with E-state index >= 15 is 0 Å². The monoisotopic (exact) mass is 383 g/mol. The molecule has 0 bridgehead atoms. The standard InChI is InChI=1S/C9H16F3N3O2.HI/c1-7-6-15(3-5-16-7)8(13)14-2-4-17-9(10,11)12;/h7H,2-6H2,1H3,(H2,13,14);1H. The average Bonchev–Trinajstić information content (AvgIpc) is 2.23. The Morgan fingerprint density at radius 2 is 2.22 bits per heavy atom. The third-order valence-electron chi connectivity index (χ3n) is 2.20. The van der Waals surface area contributed by atoms with Crippen molar-refractivity contribution in [2.24, 2.45) is 10.7 Å². The minimum Gasteiger partial charge on any atom is -0.375 e. The molecule has 1 unspecified atom stereocenters. The van der Waals surface area contributed by atoms with Crippen LogP contribution in [0.3, 0.4) is 0 Å². The van der Waals surface area contributed by atoms with Gasteiger partial charge in [-0.1, -0.05) is 0 Å². The lowest BCUT2D eigenvalue weighted by Crippen LogP contribution is -2.48. The largest absolute Gasteiger partial charge is 0.522 e. The molecule has 1 fully saturated rings. The molecule has 1 heterocycles. The van der Waals surface area contributed by atoms with E-state index in [0.29, 0.717) is 19.7 Å². The minimum atomic E-state index is -4.61. The number of guanidine groups is 1. The fourth-order valence-corrected chi connectivity index (χ4v) is 1.45. The van der Waals surface area contributed by atoms with Crippen LogP contribution in [0.5, 0.6) is 0 Å². The number of ether oxygens (including phenoxy) is 2. The predicted octanol–water partition coefficient (Wildman–Crippen LogP) is 1.18. The van der Waals surface area contributed by atoms with Crippen LogP contribution in [0.4, 0.5) is 13.2 Å². The maximum absolute atomic E-state index is 11.7. The topological polar surface area (TPSA) is 60.1 Å². The van der Waals surface area contributed by atoms with E-state index in [2.05, 4.69) is 9.73 Å². The number of aliphatic imine (C=N–C) groups is 1. The van der Waals surface area contributed by atoms with Gasteiger partial charge < -0.3 is 15.4 Å². The number of morpholine rings is 1. The van der Waals surface area contributed by atoms with E-state index in [9.17, 15) is 13.2 Å². The molecule has 5 nitrogen and oxygen atoms in total. The van der Waals surface area contributed by atoms with Gasteiger partial charge in [0.15, 0.2) is 5.96 Å². The maximum Gasteiger partial charge on any atom is 0.522 e. The van der Waals surface area contributed by atoms with E-state index in [1.807, 2.05) is 6.92 Å². The highest BCUT2D eigenvalue weighted by molar-refractivity contribution is 14.0. The van der Waals surface area contributed by atoms with Crippen LogP contribution in [0.2, 0.25) is 0 Å². The Balaban J connectivity index is 0.00000289. The lowest BCUT2D eigenvalue weighted by molar-refractivity contribution is -0.323. The van der Waals surface area contributed by atoms with Crippen molar-refractivity contribution in [2.75, 3.05) is 32.8 Å². The number of nitrogens with zero attached hydrogens (tertiary/aromatic N) is 2. The molecule has 0 aromatic carbocycles. The van der Waals surface area contributed by atoms with Gasteiger partial charge in [0.2, 0.25) is 0 Å². The molecule has 1 atom stereocenters. The summed E-state index contributed by atoms with van der Waals surface area (Å²) in [6.45, 7) is 2.99. The highest BCUT2D eigenvalue weighted by Crippen LogP contribution is 2.15. The number of alkyl halides is 3. The molecule has 0 aromatic rings. The van der Waals surface area contributed by atoms with Crippen LogP contribution in [0.15, 0.2) is 4.99 Å². The van der Waals surface area contributed by atoms with E-state index in [1.54, 1.807) is 4.90 Å². The third kappa shape index (κ3) is 7.21. The molecular weight excluding hydrogens is 366 g/mol. The van der Waals surface area contributed by atoms with Crippen molar-refractivity contribution in [2.45, 2.75) is 19.4 Å². The summed E-state index contributed by atoms with van der Waals surface area (Å²) in [7, 11) is 0. The van der Waals surface area contributed by atoms with Crippen LogP contribution in [-0.4, -0.2) is 56.2 Å². The number of rotatable bonds is 3. The number of hydrogen-bond donors (Lipinski definition) is 1. The molecule has 1 rings (SSSR count). The van der Waals surface area contributed by atoms with Gasteiger partial charge in [-0.05, 0) is 6.92 Å². The summed E-state index contributed by atoms with van der Waals surface area (Å²) >= 11 is 0. The van der Waals surface area contributed by atoms with Gasteiger partial charge in [0.1, 0.15) is 0 Å². The van der Waals surface area contributed by atoms with Crippen molar-refractivity contribution in [1.29, 1.82) is 0 Å². The second-order valence-corrected chi connectivity index (χ2v) is 3.66. The summed E-state index contributed by atoms with van der Waals surface area (Å²) < 4.78 is 43.9. The van der Waals surface area contributed by atoms with Crippen molar-refractivity contribution < 1.29 is 22.6 Å². The first-order chi connectivity index (χ1) is 7.88. The fourth-order valence-electron chi connectivity index (χ4n) is 1.45. The third-order valence-corrected chi connectivity index (χ3v) is 2.20. The van der Waals surface area contributed by atoms with Crippen LogP contribution >= 0.6 is 24.0 Å². The van der Waals surface area contributed by atoms with Crippen LogP contribution in [-0.2, 0) is 9.47 Å². The average molecular weight is 383 g/mol. The minimum absolute atomic E-state index is 0. The highest BCUT2D eigenvalue weighted by Gasteiger charge is 2.28. The molecule has 108 valence electrons. The van der Waals surface area contributed by atoms with Gasteiger partial charge in [0, 0.05) is 13.1 Å². The SMILES string of the molecule is CC1CN(C(N)=NCCOC(F)(F)F)CCO1.I. The summed E-state index contributed by atoms with van der Waals surface area (Å²) in [5.41, 5.74) is 5.64. The zero-order valence-electron chi connectivity index (χ0n) is 9.94. The van der Waals surface area contributed by atoms with Crippen LogP contribution < -0.4 is 5.73 Å². The molecule has 0 spiro atoms. The Hall–Kier alpha value is -0.290. The van der Waals surface area contributed by atoms with Crippen molar-refractivity contribution >= 4 is 29.9 Å². The van der Waals surface area contributed by atoms with E-state index in [0.717, 1.165) is 0 Å². The molecule has 1 aliphatic heterocycles. The maximum atomic E-state index is 11.7. The molecule has 18 heavy (non-hydrogen) atoms. The molecule has 0 aliphatic carbocycles. The predicted molar refractivity (Wildman–Crippen MR) is 70.9 cm³/mol. The number of halogens is 4. The molecule has 2 N–H and O–H groups in total. The zero-order chi connectivity index (χ0) is 12.9. The molecule has 0 radical (unpaired) electrons. The quantitative estimate of drug-likeness (QED) is 0.344. The number of hydrogen-bond acceptors (Lipinski definition) is 3. The molecule has 1 saturated heterocycles. The number of nitrogens with two attached hydrogens (primary N) is 1. The fraction of sp³-hybridized carbons (Fsp3) is 0.889. The van der Waals surface area contributed by atoms with Crippen molar-refractivity contribution in [3.63, 3.8) is 0 Å². The lowest BCUT2D eigenvalue weighted by Gasteiger charge is -2.31. The van der Waals surface area contributed by atoms with E-state index in [1.165, 1.54) is 0 Å². The Morgan fingerprint density at radius 3 is 2.78 bits per heavy atom. The molecule has 0 saturated carbocycles. The van der Waals surface area contributed by atoms with E-state index < -0.39 is 13.0 Å². The van der Waals surface area contributed by atoms with Gasteiger partial charge in [-0.3, -0.25) is 9.73 Å². The Labute approximate surface area is 121 Å². The van der Waals surface area contributed by atoms with E-state index in [4.69, 9.17) is 10.5 Å². The first kappa shape index (κ1) is 17.7. The highest BCUT2D eigenvalue weighted by atomic mass is 127. The Bertz CT molecular complexity index is 276. The summed E-state index contributed by atoms with van der Waals surface area (Å²) in [6, 6.07) is 0. The van der Waals surface area contributed by atoms with Gasteiger partial charge in [-0.2, -0.15) is 0 Å². The van der Waals surface area contributed by atoms with Crippen LogP contribution in [0.25, 0.3) is 0 Å². The van der Waals surface area contributed by atoms with Crippen molar-refractivity contribution in [3.8, 4) is 0 Å². The van der Waals surface area contributed by atoms with Gasteiger partial charge >= 0.3 is 6.36 Å². The van der Waals surface area contributed by atoms with E-state index in [-0.39, 0.29) is 42.6 Å². The summed E-state index contributed by atoms with van der Waals surface area (Å²) in [5, 5.41) is 0. The summed E-state index contributed by atoms with van der Waals surface area (Å²) in [4.78, 5) is 5.60. The normalized spacial score (nSPS) is 21.7. The Morgan fingerprint density at radius 1 is 1.56 bits per heavy atom. The second-order valence-electron chi connectivity index (χ2n) is 3.66. The van der Waals surface area contributed by atoms with Gasteiger partial charge in [0.25, 0.3) is 0 Å². The molecule has 0 amide bonds. The molecular formula is C9H17F3IN3O2. The van der Waals surface area contributed by atoms with Crippen molar-refractivity contribution in [3.05, 3.63) is 0 Å². The summed E-state index contributed by atoms with van der Waals surface area (Å²) in [6.07, 6.45) is -4.57. The van der Waals surface area contributed by atoms with Gasteiger partial charge in [-0.15, -0.1) is 37.1 Å². The lowest BCUT2D eigenvalue weighted by atomic mass is 10.3. The summed E-state index contributed by atoms with van der Waals surface area (Å²) in [5.74, 6) is 0.228.